The molecule has 0 fully saturated rings. The minimum absolute atomic E-state index is 0. The summed E-state index contributed by atoms with van der Waals surface area (Å²) in [6.45, 7) is 40.0. The Balaban J connectivity index is 0.00000190. The number of nitrogens with zero attached hydrogens (tertiary/aromatic N) is 3. The summed E-state index contributed by atoms with van der Waals surface area (Å²) < 4.78 is 42.7. The molecule has 7 heteroatoms. The smallest absolute Gasteiger partial charge is 0.657 e. The van der Waals surface area contributed by atoms with Crippen molar-refractivity contribution in [2.75, 3.05) is 0 Å². The summed E-state index contributed by atoms with van der Waals surface area (Å²) in [5, 5.41) is 7.32. The first-order valence-electron chi connectivity index (χ1n) is 27.8. The van der Waals surface area contributed by atoms with Crippen LogP contribution in [0.15, 0.2) is 71.4 Å². The van der Waals surface area contributed by atoms with Gasteiger partial charge in [0.25, 0.3) is 0 Å². The van der Waals surface area contributed by atoms with Crippen LogP contribution in [-0.4, -0.2) is 5.71 Å². The van der Waals surface area contributed by atoms with Gasteiger partial charge in [0.2, 0.25) is 0 Å². The Hall–Kier alpha value is -4.11. The number of aliphatic imine (C=N–C) groups is 1. The van der Waals surface area contributed by atoms with E-state index in [0.717, 1.165) is 105 Å². The molecule has 0 amide bonds. The zero-order valence-corrected chi connectivity index (χ0v) is 48.5. The van der Waals surface area contributed by atoms with Crippen molar-refractivity contribution in [3.63, 3.8) is 0 Å². The zero-order chi connectivity index (χ0) is 53.0. The van der Waals surface area contributed by atoms with E-state index in [1.54, 1.807) is 18.2 Å². The first-order valence-corrected chi connectivity index (χ1v) is 27.8. The van der Waals surface area contributed by atoms with Crippen LogP contribution < -0.4 is 4.98 Å². The summed E-state index contributed by atoms with van der Waals surface area (Å²) in [7, 11) is 0. The minimum atomic E-state index is -4.45. The number of rotatable bonds is 12. The van der Waals surface area contributed by atoms with Crippen LogP contribution in [0.5, 0.6) is 0 Å². The van der Waals surface area contributed by atoms with Gasteiger partial charge in [-0.05, 0) is 206 Å². The molecule has 4 aromatic rings. The largest absolute Gasteiger partial charge is 1.00 e. The van der Waals surface area contributed by atoms with E-state index in [-0.39, 0.29) is 60.4 Å². The third kappa shape index (κ3) is 8.53. The van der Waals surface area contributed by atoms with Gasteiger partial charge in [-0.1, -0.05) is 147 Å². The van der Waals surface area contributed by atoms with Gasteiger partial charge in [-0.2, -0.15) is 18.4 Å². The van der Waals surface area contributed by atoms with Crippen LogP contribution >= 0.6 is 0 Å². The van der Waals surface area contributed by atoms with Gasteiger partial charge in [0.15, 0.2) is 0 Å². The van der Waals surface area contributed by atoms with E-state index in [1.165, 1.54) is 74.7 Å². The molecule has 396 valence electrons. The van der Waals surface area contributed by atoms with Crippen LogP contribution in [0.1, 0.15) is 262 Å². The molecule has 9 rings (SSSR count). The summed E-state index contributed by atoms with van der Waals surface area (Å²) >= 11 is 0. The molecule has 0 saturated heterocycles. The van der Waals surface area contributed by atoms with Crippen molar-refractivity contribution in [3.8, 4) is 17.3 Å². The number of hydrogen-bond acceptors (Lipinski definition) is 2. The van der Waals surface area contributed by atoms with Gasteiger partial charge in [-0.15, -0.1) is 11.4 Å². The maximum Gasteiger partial charge on any atom is 1.00 e. The first-order chi connectivity index (χ1) is 33.7. The number of benzene rings is 3. The second kappa shape index (κ2) is 19.2. The monoisotopic (exact) mass is 1040 g/mol. The molecule has 0 unspecified atom stereocenters. The molecule has 0 saturated carbocycles. The van der Waals surface area contributed by atoms with Gasteiger partial charge in [0.05, 0.1) is 23.0 Å². The number of hydrogen-bond donors (Lipinski definition) is 0. The average Bonchev–Trinajstić information content (AvgIpc) is 4.18. The third-order valence-electron chi connectivity index (χ3n) is 20.0. The number of nitriles is 1. The summed E-state index contributed by atoms with van der Waals surface area (Å²) in [5.74, 6) is 0. The Bertz CT molecular complexity index is 2790. The van der Waals surface area contributed by atoms with Crippen molar-refractivity contribution in [1.82, 2.24) is 4.98 Å². The molecule has 1 aliphatic heterocycles. The van der Waals surface area contributed by atoms with Crippen molar-refractivity contribution in [2.24, 2.45) is 4.99 Å². The SMILES string of the molecule is CC#N.CCC1(CC)CC(C)(C)c2c1cc1c(c2C2=N/C(=C(/c3ccc(C(F)(F)F)cc3)c3ccc(-c4c5c(cc6c4C(C)(C)CC6(CC)CC)C(CC)(CC)CC5(C)C)[n-]3)C=C2)C(C)(C)CC1(CC)CC.[Cu+]. The Labute approximate surface area is 449 Å². The first kappa shape index (κ1) is 56.6. The summed E-state index contributed by atoms with van der Waals surface area (Å²) in [6.07, 6.45) is 12.9. The van der Waals surface area contributed by atoms with Crippen LogP contribution in [0, 0.1) is 11.3 Å². The molecule has 0 bridgehead atoms. The summed E-state index contributed by atoms with van der Waals surface area (Å²) in [5.41, 5.74) is 18.6. The van der Waals surface area contributed by atoms with Gasteiger partial charge in [0.1, 0.15) is 0 Å². The van der Waals surface area contributed by atoms with Crippen molar-refractivity contribution in [3.05, 3.63) is 133 Å². The predicted octanol–water partition coefficient (Wildman–Crippen LogP) is 18.6. The fourth-order valence-electron chi connectivity index (χ4n) is 16.5. The fourth-order valence-corrected chi connectivity index (χ4v) is 16.5. The van der Waals surface area contributed by atoms with Crippen LogP contribution in [0.25, 0.3) is 16.8 Å². The van der Waals surface area contributed by atoms with Gasteiger partial charge in [0, 0.05) is 12.5 Å². The van der Waals surface area contributed by atoms with E-state index < -0.39 is 11.7 Å². The van der Waals surface area contributed by atoms with Crippen LogP contribution in [0.4, 0.5) is 13.2 Å². The van der Waals surface area contributed by atoms with Crippen LogP contribution in [-0.2, 0) is 66.6 Å². The zero-order valence-electron chi connectivity index (χ0n) is 47.5. The van der Waals surface area contributed by atoms with E-state index in [2.05, 4.69) is 147 Å². The van der Waals surface area contributed by atoms with Gasteiger partial charge >= 0.3 is 23.2 Å². The number of aromatic nitrogens is 1. The summed E-state index contributed by atoms with van der Waals surface area (Å²) in [4.78, 5) is 11.4. The van der Waals surface area contributed by atoms with Gasteiger partial charge < -0.3 is 4.98 Å². The third-order valence-corrected chi connectivity index (χ3v) is 20.0. The Morgan fingerprint density at radius 2 is 0.890 bits per heavy atom. The molecular weight excluding hydrogens is 955 g/mol. The van der Waals surface area contributed by atoms with Crippen molar-refractivity contribution in [1.29, 1.82) is 5.26 Å². The second-order valence-corrected chi connectivity index (χ2v) is 25.5. The van der Waals surface area contributed by atoms with Crippen LogP contribution in [0.3, 0.4) is 0 Å². The number of fused-ring (bicyclic) bond motifs is 4. The molecule has 3 nitrogen and oxygen atoms in total. The maximum atomic E-state index is 14.2. The molecule has 0 spiro atoms. The second-order valence-electron chi connectivity index (χ2n) is 25.5. The normalized spacial score (nSPS) is 21.8. The minimum Gasteiger partial charge on any atom is -0.657 e. The maximum absolute atomic E-state index is 14.2. The molecular formula is C66H85CuF3N3. The van der Waals surface area contributed by atoms with Crippen molar-refractivity contribution in [2.45, 2.75) is 244 Å². The molecule has 73 heavy (non-hydrogen) atoms. The van der Waals surface area contributed by atoms with Crippen molar-refractivity contribution >= 4 is 11.3 Å². The van der Waals surface area contributed by atoms with E-state index in [9.17, 15) is 13.2 Å². The molecule has 2 heterocycles. The van der Waals surface area contributed by atoms with Gasteiger partial charge in [-0.25, -0.2) is 4.99 Å². The molecule has 4 aliphatic carbocycles. The molecule has 1 aromatic heterocycles. The van der Waals surface area contributed by atoms with E-state index in [0.29, 0.717) is 5.56 Å². The van der Waals surface area contributed by atoms with E-state index >= 15 is 0 Å². The number of halogens is 3. The number of allylic oxidation sites excluding steroid dienone is 2. The predicted molar refractivity (Wildman–Crippen MR) is 296 cm³/mol. The van der Waals surface area contributed by atoms with Crippen LogP contribution in [0.2, 0.25) is 0 Å². The summed E-state index contributed by atoms with van der Waals surface area (Å²) in [6, 6.07) is 17.1. The van der Waals surface area contributed by atoms with Gasteiger partial charge in [-0.3, -0.25) is 0 Å². The quantitative estimate of drug-likeness (QED) is 0.133. The Morgan fingerprint density at radius 1 is 0.548 bits per heavy atom. The molecule has 0 atom stereocenters. The Morgan fingerprint density at radius 3 is 1.22 bits per heavy atom. The topological polar surface area (TPSA) is 50.2 Å². The van der Waals surface area contributed by atoms with E-state index in [1.807, 2.05) is 0 Å². The molecule has 0 N–H and O–H groups in total. The fraction of sp³-hybridized carbons (Fsp3) is 0.576. The average molecular weight is 1040 g/mol. The Kier molecular flexibility index (Phi) is 14.9. The van der Waals surface area contributed by atoms with Crippen molar-refractivity contribution < 1.29 is 30.2 Å². The molecule has 3 aromatic carbocycles. The number of alkyl halides is 3. The molecule has 5 aliphatic rings. The molecule has 0 radical (unpaired) electrons. The standard InChI is InChI=1S/C64H82F3N2.C2H3N.Cu/c1-17-60(18-2)35-56(9,10)52-41(60)33-42-53(57(11,12)36-61(42,19-3)20-4)50(52)47-31-29-45(68-47)49(39-25-27-40(28-26-39)64(65,66)67)46-30-32-48(69-46)51-54-43(62(21-5,22-6)37-58(54,13)14)34-44-55(51)59(15,16)38-63(44,23-7)24-8;1-2-3;/h25-34H,17-24,35-38H2,1-16H3;1H3;/q-1;;+1/b49-45-;;. The van der Waals surface area contributed by atoms with E-state index in [4.69, 9.17) is 15.2 Å².